The lowest BCUT2D eigenvalue weighted by atomic mass is 9.47. The molecule has 146 valence electrons. The van der Waals surface area contributed by atoms with Crippen molar-refractivity contribution in [1.82, 2.24) is 5.32 Å². The first-order valence-corrected chi connectivity index (χ1v) is 11.4. The van der Waals surface area contributed by atoms with Crippen molar-refractivity contribution in [3.05, 3.63) is 0 Å². The summed E-state index contributed by atoms with van der Waals surface area (Å²) in [5.41, 5.74) is 1.05. The summed E-state index contributed by atoms with van der Waals surface area (Å²) in [7, 11) is 0. The number of hydrogen-bond acceptors (Lipinski definition) is 2. The van der Waals surface area contributed by atoms with Gasteiger partial charge in [0.1, 0.15) is 0 Å². The lowest BCUT2D eigenvalue weighted by Crippen LogP contribution is -2.61. The molecule has 1 saturated heterocycles. The Balaban J connectivity index is 1.42. The van der Waals surface area contributed by atoms with Crippen LogP contribution in [0.25, 0.3) is 0 Å². The van der Waals surface area contributed by atoms with Crippen LogP contribution in [0.1, 0.15) is 91.4 Å². The van der Waals surface area contributed by atoms with Crippen LogP contribution in [0.15, 0.2) is 0 Å². The molecule has 26 heavy (non-hydrogen) atoms. The number of carbonyl (C=O) groups excluding carboxylic acids is 1. The van der Waals surface area contributed by atoms with E-state index in [0.717, 1.165) is 30.6 Å². The molecule has 5 aliphatic rings. The van der Waals surface area contributed by atoms with Crippen LogP contribution in [0.2, 0.25) is 0 Å². The van der Waals surface area contributed by atoms with Crippen molar-refractivity contribution in [1.29, 1.82) is 0 Å². The molecule has 4 saturated carbocycles. The summed E-state index contributed by atoms with van der Waals surface area (Å²) in [6.07, 6.45) is 13.9. The predicted octanol–water partition coefficient (Wildman–Crippen LogP) is 4.84. The molecule has 7 atom stereocenters. The molecule has 3 nitrogen and oxygen atoms in total. The normalized spacial score (nSPS) is 51.8. The zero-order chi connectivity index (χ0) is 18.2. The fraction of sp³-hybridized carbons (Fsp3) is 0.957. The minimum atomic E-state index is 0.239. The standard InChI is InChI=1S/C23H37NO2/c1-4-23(13-14-23)26-17-8-11-21(2)10-7-16-15(20(17)21)5-6-18-22(16,3)12-9-19(25)24-18/h15-18,20H,4-14H2,1-3H3,(H,24,25)/t15-,16-,17?,18?,20-,21-,22-/m1/s1. The molecule has 0 aromatic heterocycles. The van der Waals surface area contributed by atoms with Crippen molar-refractivity contribution in [2.45, 2.75) is 109 Å². The average Bonchev–Trinajstić information content (AvgIpc) is 3.31. The van der Waals surface area contributed by atoms with E-state index in [1.165, 1.54) is 57.8 Å². The molecular formula is C23H37NO2. The Morgan fingerprint density at radius 3 is 2.54 bits per heavy atom. The van der Waals surface area contributed by atoms with Gasteiger partial charge in [-0.3, -0.25) is 4.79 Å². The van der Waals surface area contributed by atoms with Crippen molar-refractivity contribution in [3.8, 4) is 0 Å². The number of nitrogens with one attached hydrogen (secondary N) is 1. The van der Waals surface area contributed by atoms with Crippen molar-refractivity contribution in [2.24, 2.45) is 28.6 Å². The number of ether oxygens (including phenoxy) is 1. The SMILES string of the molecule is CCC1(OC2CC[C@@]3(C)CC[C@@H]4[C@@H](CCC5NC(=O)CC[C@@]54C)[C@H]23)CC1. The van der Waals surface area contributed by atoms with Gasteiger partial charge in [-0.2, -0.15) is 0 Å². The summed E-state index contributed by atoms with van der Waals surface area (Å²) in [5.74, 6) is 2.62. The number of piperidine rings is 1. The van der Waals surface area contributed by atoms with Crippen LogP contribution in [0.4, 0.5) is 0 Å². The van der Waals surface area contributed by atoms with Crippen LogP contribution in [0.3, 0.4) is 0 Å². The van der Waals surface area contributed by atoms with E-state index in [0.29, 0.717) is 23.0 Å². The van der Waals surface area contributed by atoms with Gasteiger partial charge in [-0.25, -0.2) is 0 Å². The van der Waals surface area contributed by atoms with E-state index in [4.69, 9.17) is 4.74 Å². The Labute approximate surface area is 159 Å². The average molecular weight is 360 g/mol. The van der Waals surface area contributed by atoms with Crippen LogP contribution in [0, 0.1) is 28.6 Å². The van der Waals surface area contributed by atoms with Gasteiger partial charge in [0.05, 0.1) is 11.7 Å². The van der Waals surface area contributed by atoms with E-state index in [-0.39, 0.29) is 11.5 Å². The first-order valence-electron chi connectivity index (χ1n) is 11.4. The second-order valence-corrected chi connectivity index (χ2v) is 10.9. The Bertz CT molecular complexity index is 599. The summed E-state index contributed by atoms with van der Waals surface area (Å²) in [5, 5.41) is 3.36. The number of amides is 1. The highest BCUT2D eigenvalue weighted by atomic mass is 16.5. The van der Waals surface area contributed by atoms with Gasteiger partial charge in [-0.05, 0) is 92.8 Å². The van der Waals surface area contributed by atoms with Crippen molar-refractivity contribution >= 4 is 5.91 Å². The van der Waals surface area contributed by atoms with Crippen molar-refractivity contribution in [3.63, 3.8) is 0 Å². The zero-order valence-corrected chi connectivity index (χ0v) is 17.0. The van der Waals surface area contributed by atoms with Crippen molar-refractivity contribution in [2.75, 3.05) is 0 Å². The second kappa shape index (κ2) is 5.72. The number of hydrogen-bond donors (Lipinski definition) is 1. The van der Waals surface area contributed by atoms with Crippen molar-refractivity contribution < 1.29 is 9.53 Å². The fourth-order valence-corrected chi connectivity index (χ4v) is 7.84. The largest absolute Gasteiger partial charge is 0.371 e. The third kappa shape index (κ3) is 2.45. The molecule has 0 bridgehead atoms. The summed E-state index contributed by atoms with van der Waals surface area (Å²) >= 11 is 0. The molecule has 1 aliphatic heterocycles. The minimum Gasteiger partial charge on any atom is -0.371 e. The number of carbonyl (C=O) groups is 1. The topological polar surface area (TPSA) is 38.3 Å². The highest BCUT2D eigenvalue weighted by molar-refractivity contribution is 5.77. The van der Waals surface area contributed by atoms with E-state index >= 15 is 0 Å². The molecule has 1 amide bonds. The van der Waals surface area contributed by atoms with E-state index in [1.54, 1.807) is 0 Å². The van der Waals surface area contributed by atoms with E-state index in [2.05, 4.69) is 26.1 Å². The maximum atomic E-state index is 12.0. The third-order valence-corrected chi connectivity index (χ3v) is 9.72. The van der Waals surface area contributed by atoms with E-state index in [1.807, 2.05) is 0 Å². The molecule has 1 N–H and O–H groups in total. The van der Waals surface area contributed by atoms with Crippen LogP contribution >= 0.6 is 0 Å². The first-order chi connectivity index (χ1) is 12.4. The smallest absolute Gasteiger partial charge is 0.220 e. The predicted molar refractivity (Wildman–Crippen MR) is 103 cm³/mol. The molecule has 5 rings (SSSR count). The monoisotopic (exact) mass is 359 g/mol. The highest BCUT2D eigenvalue weighted by Gasteiger charge is 2.61. The summed E-state index contributed by atoms with van der Waals surface area (Å²) in [6, 6.07) is 0.417. The van der Waals surface area contributed by atoms with Gasteiger partial charge in [0, 0.05) is 12.5 Å². The Morgan fingerprint density at radius 2 is 1.81 bits per heavy atom. The number of fused-ring (bicyclic) bond motifs is 5. The van der Waals surface area contributed by atoms with E-state index < -0.39 is 0 Å². The number of rotatable bonds is 3. The Morgan fingerprint density at radius 1 is 1.04 bits per heavy atom. The molecule has 0 aromatic rings. The Hall–Kier alpha value is -0.570. The quantitative estimate of drug-likeness (QED) is 0.783. The van der Waals surface area contributed by atoms with Crippen LogP contribution in [-0.2, 0) is 9.53 Å². The molecule has 0 aromatic carbocycles. The molecule has 5 fully saturated rings. The molecular weight excluding hydrogens is 322 g/mol. The fourth-order valence-electron chi connectivity index (χ4n) is 7.84. The van der Waals surface area contributed by atoms with Crippen LogP contribution < -0.4 is 5.32 Å². The van der Waals surface area contributed by atoms with E-state index in [9.17, 15) is 4.79 Å². The molecule has 3 heteroatoms. The Kier molecular flexibility index (Phi) is 3.85. The molecule has 4 aliphatic carbocycles. The maximum absolute atomic E-state index is 12.0. The zero-order valence-electron chi connectivity index (χ0n) is 17.0. The second-order valence-electron chi connectivity index (χ2n) is 10.9. The van der Waals surface area contributed by atoms with Gasteiger partial charge >= 0.3 is 0 Å². The van der Waals surface area contributed by atoms with Gasteiger partial charge in [-0.1, -0.05) is 20.8 Å². The highest BCUT2D eigenvalue weighted by Crippen LogP contribution is 2.65. The van der Waals surface area contributed by atoms with Gasteiger partial charge in [-0.15, -0.1) is 0 Å². The lowest BCUT2D eigenvalue weighted by molar-refractivity contribution is -0.149. The molecule has 1 heterocycles. The summed E-state index contributed by atoms with van der Waals surface area (Å²) in [6.45, 7) is 7.37. The summed E-state index contributed by atoms with van der Waals surface area (Å²) in [4.78, 5) is 12.0. The lowest BCUT2D eigenvalue weighted by Gasteiger charge is -2.60. The van der Waals surface area contributed by atoms with Gasteiger partial charge in [0.2, 0.25) is 5.91 Å². The third-order valence-electron chi connectivity index (χ3n) is 9.72. The molecule has 0 radical (unpaired) electrons. The maximum Gasteiger partial charge on any atom is 0.220 e. The van der Waals surface area contributed by atoms with Crippen LogP contribution in [0.5, 0.6) is 0 Å². The van der Waals surface area contributed by atoms with Gasteiger partial charge < -0.3 is 10.1 Å². The molecule has 0 spiro atoms. The van der Waals surface area contributed by atoms with Gasteiger partial charge in [0.15, 0.2) is 0 Å². The molecule has 2 unspecified atom stereocenters. The summed E-state index contributed by atoms with van der Waals surface area (Å²) < 4.78 is 6.86. The van der Waals surface area contributed by atoms with Gasteiger partial charge in [0.25, 0.3) is 0 Å². The van der Waals surface area contributed by atoms with Crippen LogP contribution in [-0.4, -0.2) is 23.7 Å². The first kappa shape index (κ1) is 17.5. The minimum absolute atomic E-state index is 0.239.